The Morgan fingerprint density at radius 1 is 1.10 bits per heavy atom. The van der Waals surface area contributed by atoms with Crippen molar-refractivity contribution >= 4 is 50.3 Å². The molecule has 2 aromatic carbocycles. The minimum absolute atomic E-state index is 0.00756. The van der Waals surface area contributed by atoms with Crippen LogP contribution < -0.4 is 14.8 Å². The SMILES string of the molecule is COc1cnc2c(-c3nc4cc(F)c(OC[C@@H](C)OC(=O)Nc5ccnc(C(=O)N(C)C)c5)cc4s3)cc(C)cc2n1. The summed E-state index contributed by atoms with van der Waals surface area (Å²) in [6.07, 6.45) is 1.49. The van der Waals surface area contributed by atoms with Crippen molar-refractivity contribution in [2.24, 2.45) is 0 Å². The van der Waals surface area contributed by atoms with Crippen molar-refractivity contribution in [1.82, 2.24) is 24.8 Å². The number of aryl methyl sites for hydroxylation is 1. The molecule has 2 amide bonds. The van der Waals surface area contributed by atoms with Gasteiger partial charge in [-0.1, -0.05) is 0 Å². The number of nitrogens with zero attached hydrogens (tertiary/aromatic N) is 5. The molecule has 0 aliphatic rings. The zero-order valence-corrected chi connectivity index (χ0v) is 24.3. The first-order valence-electron chi connectivity index (χ1n) is 12.8. The van der Waals surface area contributed by atoms with Gasteiger partial charge in [-0.25, -0.2) is 24.1 Å². The summed E-state index contributed by atoms with van der Waals surface area (Å²) < 4.78 is 31.9. The second kappa shape index (κ2) is 11.9. The quantitative estimate of drug-likeness (QED) is 0.250. The van der Waals surface area contributed by atoms with Crippen LogP contribution in [0, 0.1) is 12.7 Å². The molecule has 1 atom stereocenters. The highest BCUT2D eigenvalue weighted by atomic mass is 32.1. The summed E-state index contributed by atoms with van der Waals surface area (Å²) in [6.45, 7) is 3.47. The Balaban J connectivity index is 1.27. The van der Waals surface area contributed by atoms with E-state index < -0.39 is 18.0 Å². The second-order valence-corrected chi connectivity index (χ2v) is 10.7. The summed E-state index contributed by atoms with van der Waals surface area (Å²) in [5, 5.41) is 3.22. The van der Waals surface area contributed by atoms with E-state index >= 15 is 0 Å². The molecule has 1 N–H and O–H groups in total. The van der Waals surface area contributed by atoms with Gasteiger partial charge < -0.3 is 19.1 Å². The zero-order chi connectivity index (χ0) is 30.0. The molecule has 0 aliphatic carbocycles. The Hall–Kier alpha value is -4.91. The predicted octanol–water partition coefficient (Wildman–Crippen LogP) is 5.48. The van der Waals surface area contributed by atoms with E-state index in [2.05, 4.69) is 25.3 Å². The van der Waals surface area contributed by atoms with E-state index in [1.807, 2.05) is 19.1 Å². The number of ether oxygens (including phenoxy) is 3. The van der Waals surface area contributed by atoms with Gasteiger partial charge in [0.1, 0.15) is 23.4 Å². The Morgan fingerprint density at radius 2 is 1.90 bits per heavy atom. The predicted molar refractivity (Wildman–Crippen MR) is 157 cm³/mol. The van der Waals surface area contributed by atoms with Crippen LogP contribution in [-0.4, -0.2) is 70.8 Å². The van der Waals surface area contributed by atoms with E-state index in [0.717, 1.165) is 11.1 Å². The highest BCUT2D eigenvalue weighted by Gasteiger charge is 2.18. The molecular weight excluding hydrogens is 563 g/mol. The zero-order valence-electron chi connectivity index (χ0n) is 23.5. The normalized spacial score (nSPS) is 11.8. The van der Waals surface area contributed by atoms with Gasteiger partial charge >= 0.3 is 6.09 Å². The number of amides is 2. The number of halogens is 1. The first-order chi connectivity index (χ1) is 20.1. The summed E-state index contributed by atoms with van der Waals surface area (Å²) >= 11 is 1.37. The van der Waals surface area contributed by atoms with Crippen molar-refractivity contribution in [1.29, 1.82) is 0 Å². The fraction of sp³-hybridized carbons (Fsp3) is 0.241. The van der Waals surface area contributed by atoms with Crippen LogP contribution >= 0.6 is 11.3 Å². The molecule has 0 unspecified atom stereocenters. The van der Waals surface area contributed by atoms with E-state index in [-0.39, 0.29) is 24.0 Å². The number of hydrogen-bond acceptors (Lipinski definition) is 10. The molecule has 0 spiro atoms. The maximum atomic E-state index is 14.9. The molecule has 13 heteroatoms. The maximum absolute atomic E-state index is 14.9. The van der Waals surface area contributed by atoms with Crippen LogP contribution in [0.2, 0.25) is 0 Å². The number of methoxy groups -OCH3 is 1. The van der Waals surface area contributed by atoms with Crippen LogP contribution in [0.4, 0.5) is 14.9 Å². The number of pyridine rings is 1. The fourth-order valence-corrected chi connectivity index (χ4v) is 5.08. The monoisotopic (exact) mass is 590 g/mol. The van der Waals surface area contributed by atoms with E-state index in [1.54, 1.807) is 33.3 Å². The number of carbonyl (C=O) groups excluding carboxylic acids is 2. The first-order valence-corrected chi connectivity index (χ1v) is 13.6. The van der Waals surface area contributed by atoms with Crippen LogP contribution in [0.1, 0.15) is 23.0 Å². The molecule has 0 saturated heterocycles. The lowest BCUT2D eigenvalue weighted by atomic mass is 10.1. The van der Waals surface area contributed by atoms with Crippen molar-refractivity contribution in [3.8, 4) is 22.2 Å². The molecule has 216 valence electrons. The van der Waals surface area contributed by atoms with Crippen LogP contribution in [-0.2, 0) is 4.74 Å². The maximum Gasteiger partial charge on any atom is 0.412 e. The molecular formula is C29H27FN6O5S. The van der Waals surface area contributed by atoms with Crippen molar-refractivity contribution in [2.75, 3.05) is 33.1 Å². The fourth-order valence-electron chi connectivity index (χ4n) is 4.09. The third kappa shape index (κ3) is 6.20. The van der Waals surface area contributed by atoms with Gasteiger partial charge in [-0.15, -0.1) is 11.3 Å². The minimum Gasteiger partial charge on any atom is -0.487 e. The van der Waals surface area contributed by atoms with Crippen molar-refractivity contribution in [3.05, 3.63) is 65.9 Å². The van der Waals surface area contributed by atoms with E-state index in [4.69, 9.17) is 14.2 Å². The minimum atomic E-state index is -0.755. The largest absolute Gasteiger partial charge is 0.487 e. The average molecular weight is 591 g/mol. The third-order valence-electron chi connectivity index (χ3n) is 6.06. The van der Waals surface area contributed by atoms with Crippen molar-refractivity contribution < 1.29 is 28.2 Å². The van der Waals surface area contributed by atoms with Gasteiger partial charge in [-0.2, -0.15) is 0 Å². The van der Waals surface area contributed by atoms with Gasteiger partial charge in [-0.05, 0) is 43.7 Å². The number of aromatic nitrogens is 4. The highest BCUT2D eigenvalue weighted by molar-refractivity contribution is 7.21. The van der Waals surface area contributed by atoms with Crippen LogP contribution in [0.15, 0.2) is 48.8 Å². The molecule has 3 heterocycles. The second-order valence-electron chi connectivity index (χ2n) is 9.64. The highest BCUT2D eigenvalue weighted by Crippen LogP contribution is 2.37. The number of anilines is 1. The topological polar surface area (TPSA) is 129 Å². The molecule has 42 heavy (non-hydrogen) atoms. The third-order valence-corrected chi connectivity index (χ3v) is 7.12. The number of rotatable bonds is 8. The van der Waals surface area contributed by atoms with E-state index in [0.29, 0.717) is 37.8 Å². The van der Waals surface area contributed by atoms with Crippen LogP contribution in [0.3, 0.4) is 0 Å². The molecule has 0 aliphatic heterocycles. The Kier molecular flexibility index (Phi) is 8.11. The van der Waals surface area contributed by atoms with Crippen molar-refractivity contribution in [2.45, 2.75) is 20.0 Å². The molecule has 3 aromatic heterocycles. The molecule has 0 fully saturated rings. The van der Waals surface area contributed by atoms with E-state index in [1.165, 1.54) is 47.7 Å². The smallest absolute Gasteiger partial charge is 0.412 e. The number of nitrogens with one attached hydrogen (secondary N) is 1. The summed E-state index contributed by atoms with van der Waals surface area (Å²) in [5.74, 6) is -0.481. The Labute approximate surface area is 244 Å². The molecule has 0 radical (unpaired) electrons. The Bertz CT molecular complexity index is 1810. The van der Waals surface area contributed by atoms with Gasteiger partial charge in [0, 0.05) is 43.7 Å². The summed E-state index contributed by atoms with van der Waals surface area (Å²) in [7, 11) is 4.74. The van der Waals surface area contributed by atoms with Gasteiger partial charge in [-0.3, -0.25) is 15.1 Å². The lowest BCUT2D eigenvalue weighted by Gasteiger charge is -2.15. The molecule has 11 nitrogen and oxygen atoms in total. The lowest BCUT2D eigenvalue weighted by molar-refractivity contribution is 0.0818. The van der Waals surface area contributed by atoms with E-state index in [9.17, 15) is 14.0 Å². The van der Waals surface area contributed by atoms with Crippen molar-refractivity contribution in [3.63, 3.8) is 0 Å². The lowest BCUT2D eigenvalue weighted by Crippen LogP contribution is -2.26. The summed E-state index contributed by atoms with van der Waals surface area (Å²) in [5.41, 5.74) is 4.08. The standard InChI is InChI=1S/C29H27FN6O5S/c1-15-8-18(26-21(9-15)34-25(39-5)13-32-26)27-35-20-11-19(30)23(12-24(20)42-27)40-14-16(2)41-29(38)33-17-6-7-31-22(10-17)28(37)36(3)4/h6-13,16H,14H2,1-5H3,(H,31,33,38)/t16-/m1/s1. The number of hydrogen-bond donors (Lipinski definition) is 1. The first kappa shape index (κ1) is 28.6. The summed E-state index contributed by atoms with van der Waals surface area (Å²) in [4.78, 5) is 43.5. The van der Waals surface area contributed by atoms with Gasteiger partial charge in [0.05, 0.1) is 34.6 Å². The number of benzene rings is 2. The Morgan fingerprint density at radius 3 is 2.67 bits per heavy atom. The van der Waals surface area contributed by atoms with Crippen LogP contribution in [0.5, 0.6) is 11.6 Å². The molecule has 5 rings (SSSR count). The molecule has 5 aromatic rings. The van der Waals surface area contributed by atoms with Gasteiger partial charge in [0.2, 0.25) is 5.88 Å². The summed E-state index contributed by atoms with van der Waals surface area (Å²) in [6, 6.07) is 9.74. The number of fused-ring (bicyclic) bond motifs is 2. The number of carbonyl (C=O) groups is 2. The van der Waals surface area contributed by atoms with Gasteiger partial charge in [0.15, 0.2) is 11.6 Å². The molecule has 0 saturated carbocycles. The van der Waals surface area contributed by atoms with Crippen LogP contribution in [0.25, 0.3) is 31.8 Å². The average Bonchev–Trinajstić information content (AvgIpc) is 3.37. The van der Waals surface area contributed by atoms with Gasteiger partial charge in [0.25, 0.3) is 5.91 Å². The molecule has 0 bridgehead atoms. The number of thiazole rings is 1.